The summed E-state index contributed by atoms with van der Waals surface area (Å²) in [5, 5.41) is 0.977. The number of anilines is 2. The van der Waals surface area contributed by atoms with Gasteiger partial charge >= 0.3 is 0 Å². The Kier molecular flexibility index (Phi) is 3.63. The molecular weight excluding hydrogens is 262 g/mol. The lowest BCUT2D eigenvalue weighted by molar-refractivity contribution is 1.13. The van der Waals surface area contributed by atoms with E-state index in [4.69, 9.17) is 18.0 Å². The molecule has 0 amide bonds. The molecule has 0 spiro atoms. The maximum Gasteiger partial charge on any atom is 0.190 e. The summed E-state index contributed by atoms with van der Waals surface area (Å²) in [6, 6.07) is 7.87. The Morgan fingerprint density at radius 3 is 2.67 bits per heavy atom. The van der Waals surface area contributed by atoms with Gasteiger partial charge in [-0.25, -0.2) is 4.98 Å². The highest BCUT2D eigenvalue weighted by molar-refractivity contribution is 7.80. The molecule has 0 saturated heterocycles. The third-order valence-corrected chi connectivity index (χ3v) is 4.21. The van der Waals surface area contributed by atoms with Crippen molar-refractivity contribution in [2.24, 2.45) is 5.73 Å². The standard InChI is InChI=1S/C13H15N3S2/c1-8-9(2)18-13(15-8)16(3)11-6-4-5-10(7-11)12(14)17/h4-7H,1-3H3,(H2,14,17). The van der Waals surface area contributed by atoms with Gasteiger partial charge in [0.15, 0.2) is 5.13 Å². The second-order valence-electron chi connectivity index (χ2n) is 4.11. The molecule has 0 bridgehead atoms. The molecule has 1 aromatic heterocycles. The van der Waals surface area contributed by atoms with Gasteiger partial charge in [0, 0.05) is 23.2 Å². The highest BCUT2D eigenvalue weighted by Crippen LogP contribution is 2.30. The Morgan fingerprint density at radius 1 is 1.39 bits per heavy atom. The average molecular weight is 277 g/mol. The Balaban J connectivity index is 2.36. The number of hydrogen-bond donors (Lipinski definition) is 1. The molecule has 0 aliphatic carbocycles. The van der Waals surface area contributed by atoms with E-state index in [0.717, 1.165) is 22.1 Å². The van der Waals surface area contributed by atoms with E-state index in [1.54, 1.807) is 11.3 Å². The fraction of sp³-hybridized carbons (Fsp3) is 0.231. The predicted molar refractivity (Wildman–Crippen MR) is 82.0 cm³/mol. The van der Waals surface area contributed by atoms with Crippen molar-refractivity contribution in [1.82, 2.24) is 4.98 Å². The SMILES string of the molecule is Cc1nc(N(C)c2cccc(C(N)=S)c2)sc1C. The summed E-state index contributed by atoms with van der Waals surface area (Å²) in [5.74, 6) is 0. The van der Waals surface area contributed by atoms with Crippen molar-refractivity contribution in [2.45, 2.75) is 13.8 Å². The van der Waals surface area contributed by atoms with Crippen LogP contribution in [0.5, 0.6) is 0 Å². The minimum atomic E-state index is 0.414. The van der Waals surface area contributed by atoms with Crippen molar-refractivity contribution in [3.63, 3.8) is 0 Å². The summed E-state index contributed by atoms with van der Waals surface area (Å²) < 4.78 is 0. The molecule has 0 saturated carbocycles. The zero-order chi connectivity index (χ0) is 13.3. The number of nitrogens with two attached hydrogens (primary N) is 1. The summed E-state index contributed by atoms with van der Waals surface area (Å²) in [6.45, 7) is 4.10. The number of thiazole rings is 1. The lowest BCUT2D eigenvalue weighted by atomic mass is 10.2. The van der Waals surface area contributed by atoms with Crippen LogP contribution in [0.3, 0.4) is 0 Å². The van der Waals surface area contributed by atoms with Gasteiger partial charge in [-0.05, 0) is 26.0 Å². The van der Waals surface area contributed by atoms with Crippen molar-refractivity contribution in [1.29, 1.82) is 0 Å². The number of nitrogens with zero attached hydrogens (tertiary/aromatic N) is 2. The normalized spacial score (nSPS) is 10.4. The molecule has 0 aliphatic rings. The monoisotopic (exact) mass is 277 g/mol. The smallest absolute Gasteiger partial charge is 0.190 e. The molecule has 0 fully saturated rings. The molecule has 2 aromatic rings. The summed E-state index contributed by atoms with van der Waals surface area (Å²) in [6.07, 6.45) is 0. The quantitative estimate of drug-likeness (QED) is 0.875. The first-order chi connectivity index (χ1) is 8.49. The maximum absolute atomic E-state index is 5.65. The number of hydrogen-bond acceptors (Lipinski definition) is 4. The largest absolute Gasteiger partial charge is 0.389 e. The van der Waals surface area contributed by atoms with E-state index in [0.29, 0.717) is 4.99 Å². The topological polar surface area (TPSA) is 42.2 Å². The number of benzene rings is 1. The Bertz CT molecular complexity index is 570. The van der Waals surface area contributed by atoms with E-state index in [1.807, 2.05) is 43.1 Å². The van der Waals surface area contributed by atoms with E-state index >= 15 is 0 Å². The van der Waals surface area contributed by atoms with Crippen LogP contribution in [0.25, 0.3) is 0 Å². The van der Waals surface area contributed by atoms with Gasteiger partial charge in [-0.3, -0.25) is 0 Å². The minimum absolute atomic E-state index is 0.414. The van der Waals surface area contributed by atoms with Gasteiger partial charge in [0.25, 0.3) is 0 Å². The first-order valence-corrected chi connectivity index (χ1v) is 6.79. The fourth-order valence-corrected chi connectivity index (χ4v) is 2.60. The molecule has 2 rings (SSSR count). The fourth-order valence-electron chi connectivity index (χ4n) is 1.58. The van der Waals surface area contributed by atoms with Gasteiger partial charge < -0.3 is 10.6 Å². The van der Waals surface area contributed by atoms with E-state index in [9.17, 15) is 0 Å². The van der Waals surface area contributed by atoms with Gasteiger partial charge in [-0.2, -0.15) is 0 Å². The molecule has 5 heteroatoms. The third kappa shape index (κ3) is 2.52. The highest BCUT2D eigenvalue weighted by Gasteiger charge is 2.11. The average Bonchev–Trinajstić information content (AvgIpc) is 2.69. The van der Waals surface area contributed by atoms with Crippen LogP contribution in [0.2, 0.25) is 0 Å². The molecule has 94 valence electrons. The van der Waals surface area contributed by atoms with Crippen LogP contribution in [-0.4, -0.2) is 17.0 Å². The van der Waals surface area contributed by atoms with Gasteiger partial charge in [0.1, 0.15) is 4.99 Å². The second-order valence-corrected chi connectivity index (χ2v) is 5.73. The Labute approximate surface area is 116 Å². The molecule has 3 nitrogen and oxygen atoms in total. The molecule has 0 aliphatic heterocycles. The van der Waals surface area contributed by atoms with Gasteiger partial charge in [0.05, 0.1) is 5.69 Å². The molecule has 1 aromatic carbocycles. The van der Waals surface area contributed by atoms with Crippen molar-refractivity contribution in [3.8, 4) is 0 Å². The Hall–Kier alpha value is -1.46. The van der Waals surface area contributed by atoms with Crippen LogP contribution in [0.15, 0.2) is 24.3 Å². The number of aromatic nitrogens is 1. The highest BCUT2D eigenvalue weighted by atomic mass is 32.1. The van der Waals surface area contributed by atoms with E-state index in [1.165, 1.54) is 4.88 Å². The first-order valence-electron chi connectivity index (χ1n) is 5.56. The van der Waals surface area contributed by atoms with Crippen molar-refractivity contribution >= 4 is 39.4 Å². The van der Waals surface area contributed by atoms with Crippen molar-refractivity contribution in [2.75, 3.05) is 11.9 Å². The molecule has 0 radical (unpaired) electrons. The van der Waals surface area contributed by atoms with Crippen LogP contribution < -0.4 is 10.6 Å². The number of aryl methyl sites for hydroxylation is 2. The van der Waals surface area contributed by atoms with E-state index in [-0.39, 0.29) is 0 Å². The minimum Gasteiger partial charge on any atom is -0.389 e. The maximum atomic E-state index is 5.65. The zero-order valence-electron chi connectivity index (χ0n) is 10.6. The molecule has 0 unspecified atom stereocenters. The summed E-state index contributed by atoms with van der Waals surface area (Å²) >= 11 is 6.68. The summed E-state index contributed by atoms with van der Waals surface area (Å²) in [4.78, 5) is 8.24. The lowest BCUT2D eigenvalue weighted by Crippen LogP contribution is -2.13. The zero-order valence-corrected chi connectivity index (χ0v) is 12.2. The van der Waals surface area contributed by atoms with Gasteiger partial charge in [-0.15, -0.1) is 11.3 Å². The van der Waals surface area contributed by atoms with E-state index in [2.05, 4.69) is 11.9 Å². The van der Waals surface area contributed by atoms with Crippen LogP contribution in [0.4, 0.5) is 10.8 Å². The van der Waals surface area contributed by atoms with E-state index < -0.39 is 0 Å². The predicted octanol–water partition coefficient (Wildman–Crippen LogP) is 3.16. The molecule has 1 heterocycles. The lowest BCUT2D eigenvalue weighted by Gasteiger charge is -2.16. The van der Waals surface area contributed by atoms with Crippen LogP contribution in [0, 0.1) is 13.8 Å². The van der Waals surface area contributed by atoms with Crippen molar-refractivity contribution in [3.05, 3.63) is 40.4 Å². The molecule has 18 heavy (non-hydrogen) atoms. The van der Waals surface area contributed by atoms with Crippen LogP contribution >= 0.6 is 23.6 Å². The Morgan fingerprint density at radius 2 is 2.11 bits per heavy atom. The molecule has 0 atom stereocenters. The first kappa shape index (κ1) is 13.0. The van der Waals surface area contributed by atoms with Gasteiger partial charge in [0.2, 0.25) is 0 Å². The summed E-state index contributed by atoms with van der Waals surface area (Å²) in [7, 11) is 2.00. The third-order valence-electron chi connectivity index (χ3n) is 2.82. The number of thiocarbonyl (C=S) groups is 1. The second kappa shape index (κ2) is 5.04. The summed E-state index contributed by atoms with van der Waals surface area (Å²) in [5.41, 5.74) is 8.64. The number of rotatable bonds is 3. The van der Waals surface area contributed by atoms with Crippen molar-refractivity contribution < 1.29 is 0 Å². The molecule has 2 N–H and O–H groups in total. The molecular formula is C13H15N3S2. The van der Waals surface area contributed by atoms with Crippen LogP contribution in [0.1, 0.15) is 16.1 Å². The van der Waals surface area contributed by atoms with Crippen LogP contribution in [-0.2, 0) is 0 Å². The van der Waals surface area contributed by atoms with Gasteiger partial charge in [-0.1, -0.05) is 24.4 Å².